The van der Waals surface area contributed by atoms with Crippen molar-refractivity contribution in [2.24, 2.45) is 5.73 Å². The number of likely N-dealkylation sites (tertiary alicyclic amines) is 1. The summed E-state index contributed by atoms with van der Waals surface area (Å²) in [5, 5.41) is 13.7. The number of aliphatic hydroxyl groups excluding tert-OH is 1. The van der Waals surface area contributed by atoms with E-state index < -0.39 is 27.7 Å². The molecule has 2 amide bonds. The van der Waals surface area contributed by atoms with E-state index in [1.807, 2.05) is 105 Å². The van der Waals surface area contributed by atoms with Crippen LogP contribution in [-0.4, -0.2) is 56.3 Å². The molecular weight excluding hydrogens is 649 g/mol. The van der Waals surface area contributed by atoms with Gasteiger partial charge in [-0.05, 0) is 48.6 Å². The number of hydrogen-bond donors (Lipinski definition) is 3. The zero-order valence-electron chi connectivity index (χ0n) is 28.0. The van der Waals surface area contributed by atoms with Crippen LogP contribution >= 0.6 is 23.1 Å². The lowest BCUT2D eigenvalue weighted by Crippen LogP contribution is -2.57. The van der Waals surface area contributed by atoms with E-state index in [2.05, 4.69) is 46.7 Å². The zero-order chi connectivity index (χ0) is 34.6. The number of β-amino-alcohol motifs (C(OH)–C–C–N with tert-alkyl or cyclic N) is 1. The Hall–Kier alpha value is -4.28. The predicted octanol–water partition coefficient (Wildman–Crippen LogP) is 6.53. The molecule has 0 radical (unpaired) electrons. The molecule has 0 unspecified atom stereocenters. The van der Waals surface area contributed by atoms with Crippen molar-refractivity contribution in [3.05, 3.63) is 149 Å². The molecule has 0 bridgehead atoms. The Morgan fingerprint density at radius 1 is 0.918 bits per heavy atom. The first-order valence-electron chi connectivity index (χ1n) is 16.5. The molecule has 3 atom stereocenters. The van der Waals surface area contributed by atoms with Gasteiger partial charge in [0.15, 0.2) is 0 Å². The van der Waals surface area contributed by atoms with Gasteiger partial charge in [0, 0.05) is 24.3 Å². The molecule has 0 saturated carbocycles. The Kier molecular flexibility index (Phi) is 10.4. The molecule has 1 aliphatic rings. The third-order valence-corrected chi connectivity index (χ3v) is 12.0. The lowest BCUT2D eigenvalue weighted by molar-refractivity contribution is -0.140. The van der Waals surface area contributed by atoms with Gasteiger partial charge in [-0.3, -0.25) is 9.59 Å². The van der Waals surface area contributed by atoms with Gasteiger partial charge in [-0.2, -0.15) is 0 Å². The summed E-state index contributed by atoms with van der Waals surface area (Å²) in [5.74, 6) is -0.668. The molecule has 4 aromatic carbocycles. The van der Waals surface area contributed by atoms with Crippen LogP contribution in [0.1, 0.15) is 48.2 Å². The maximum absolute atomic E-state index is 14.3. The van der Waals surface area contributed by atoms with Gasteiger partial charge in [-0.25, -0.2) is 4.98 Å². The van der Waals surface area contributed by atoms with E-state index in [0.29, 0.717) is 6.54 Å². The van der Waals surface area contributed by atoms with E-state index >= 15 is 0 Å². The van der Waals surface area contributed by atoms with E-state index in [1.165, 1.54) is 4.90 Å². The highest BCUT2D eigenvalue weighted by molar-refractivity contribution is 8.02. The summed E-state index contributed by atoms with van der Waals surface area (Å²) in [5.41, 5.74) is 15.0. The van der Waals surface area contributed by atoms with Crippen LogP contribution in [0, 0.1) is 6.92 Å². The van der Waals surface area contributed by atoms with E-state index in [1.54, 1.807) is 23.1 Å². The topological polar surface area (TPSA) is 109 Å². The Balaban J connectivity index is 1.23. The van der Waals surface area contributed by atoms with Gasteiger partial charge < -0.3 is 21.1 Å². The van der Waals surface area contributed by atoms with Crippen LogP contribution in [0.5, 0.6) is 0 Å². The van der Waals surface area contributed by atoms with E-state index in [9.17, 15) is 14.7 Å². The van der Waals surface area contributed by atoms with Gasteiger partial charge in [0.2, 0.25) is 11.8 Å². The zero-order valence-corrected chi connectivity index (χ0v) is 29.6. The van der Waals surface area contributed by atoms with Crippen LogP contribution in [0.15, 0.2) is 121 Å². The SMILES string of the molecule is Cc1ncsc1-c1ccc(CNC(=O)[C@@H]2C[C@@H](O)CN2C(=O)[C@@H](N)C(C)(C)SC(c2ccccc2)(c2ccccc2)c2ccccc2)cc1. The smallest absolute Gasteiger partial charge is 0.243 e. The normalized spacial score (nSPS) is 17.1. The van der Waals surface area contributed by atoms with E-state index in [-0.39, 0.29) is 24.8 Å². The molecule has 1 aromatic heterocycles. The number of nitrogens with two attached hydrogens (primary N) is 1. The van der Waals surface area contributed by atoms with Crippen molar-refractivity contribution in [2.75, 3.05) is 6.54 Å². The molecule has 1 saturated heterocycles. The van der Waals surface area contributed by atoms with Crippen molar-refractivity contribution < 1.29 is 14.7 Å². The number of thiazole rings is 1. The number of aromatic nitrogens is 1. The molecule has 1 aliphatic heterocycles. The summed E-state index contributed by atoms with van der Waals surface area (Å²) in [6, 6.07) is 37.0. The Morgan fingerprint density at radius 2 is 1.45 bits per heavy atom. The molecule has 0 aliphatic carbocycles. The minimum Gasteiger partial charge on any atom is -0.391 e. The number of carbonyl (C=O) groups is 2. The summed E-state index contributed by atoms with van der Waals surface area (Å²) in [6.45, 7) is 6.32. The van der Waals surface area contributed by atoms with Gasteiger partial charge in [-0.15, -0.1) is 23.1 Å². The first-order valence-corrected chi connectivity index (χ1v) is 18.2. The van der Waals surface area contributed by atoms with Crippen LogP contribution in [0.25, 0.3) is 10.4 Å². The fourth-order valence-corrected chi connectivity index (χ4v) is 9.19. The lowest BCUT2D eigenvalue weighted by Gasteiger charge is -2.44. The Labute approximate surface area is 296 Å². The molecule has 5 aromatic rings. The second-order valence-electron chi connectivity index (χ2n) is 13.0. The molecule has 252 valence electrons. The van der Waals surface area contributed by atoms with Crippen LogP contribution in [-0.2, 0) is 20.9 Å². The minimum absolute atomic E-state index is 0.0511. The van der Waals surface area contributed by atoms with Gasteiger partial charge in [0.1, 0.15) is 6.04 Å². The third-order valence-electron chi connectivity index (χ3n) is 9.27. The van der Waals surface area contributed by atoms with Gasteiger partial charge in [0.05, 0.1) is 33.0 Å². The lowest BCUT2D eigenvalue weighted by atomic mass is 9.84. The second kappa shape index (κ2) is 14.7. The maximum Gasteiger partial charge on any atom is 0.243 e. The first kappa shape index (κ1) is 34.6. The summed E-state index contributed by atoms with van der Waals surface area (Å²) >= 11 is 3.23. The molecule has 7 nitrogen and oxygen atoms in total. The number of benzene rings is 4. The Bertz CT molecular complexity index is 1770. The van der Waals surface area contributed by atoms with Gasteiger partial charge in [0.25, 0.3) is 0 Å². The molecule has 4 N–H and O–H groups in total. The van der Waals surface area contributed by atoms with E-state index in [0.717, 1.165) is 38.4 Å². The third kappa shape index (κ3) is 7.21. The van der Waals surface area contributed by atoms with Crippen molar-refractivity contribution in [1.82, 2.24) is 15.2 Å². The van der Waals surface area contributed by atoms with E-state index in [4.69, 9.17) is 5.73 Å². The van der Waals surface area contributed by atoms with Crippen LogP contribution in [0.3, 0.4) is 0 Å². The second-order valence-corrected chi connectivity index (χ2v) is 15.8. The quantitative estimate of drug-likeness (QED) is 0.136. The number of hydrogen-bond acceptors (Lipinski definition) is 7. The van der Waals surface area contributed by atoms with Gasteiger partial charge >= 0.3 is 0 Å². The highest BCUT2D eigenvalue weighted by atomic mass is 32.2. The molecule has 6 rings (SSSR count). The number of aliphatic hydroxyl groups is 1. The van der Waals surface area contributed by atoms with Crippen molar-refractivity contribution in [3.63, 3.8) is 0 Å². The number of thioether (sulfide) groups is 1. The first-order chi connectivity index (χ1) is 23.6. The molecule has 0 spiro atoms. The summed E-state index contributed by atoms with van der Waals surface area (Å²) in [7, 11) is 0. The average molecular weight is 691 g/mol. The maximum atomic E-state index is 14.3. The largest absolute Gasteiger partial charge is 0.391 e. The fourth-order valence-electron chi connectivity index (χ4n) is 6.60. The number of rotatable bonds is 11. The van der Waals surface area contributed by atoms with Crippen molar-refractivity contribution in [1.29, 1.82) is 0 Å². The van der Waals surface area contributed by atoms with Crippen LogP contribution in [0.4, 0.5) is 0 Å². The minimum atomic E-state index is -0.976. The summed E-state index contributed by atoms with van der Waals surface area (Å²) < 4.78 is -1.51. The monoisotopic (exact) mass is 690 g/mol. The molecule has 2 heterocycles. The summed E-state index contributed by atoms with van der Waals surface area (Å²) in [6.07, 6.45) is -0.662. The highest BCUT2D eigenvalue weighted by Gasteiger charge is 2.48. The van der Waals surface area contributed by atoms with Crippen LogP contribution in [0.2, 0.25) is 0 Å². The van der Waals surface area contributed by atoms with Crippen LogP contribution < -0.4 is 11.1 Å². The number of nitrogens with zero attached hydrogens (tertiary/aromatic N) is 2. The molecule has 9 heteroatoms. The predicted molar refractivity (Wildman–Crippen MR) is 199 cm³/mol. The molecular formula is C40H42N4O3S2. The van der Waals surface area contributed by atoms with Crippen molar-refractivity contribution >= 4 is 34.9 Å². The summed E-state index contributed by atoms with van der Waals surface area (Å²) in [4.78, 5) is 34.8. The number of carbonyl (C=O) groups excluding carboxylic acids is 2. The number of nitrogens with one attached hydrogen (secondary N) is 1. The molecule has 1 fully saturated rings. The fraction of sp³-hybridized carbons (Fsp3) is 0.275. The average Bonchev–Trinajstić information content (AvgIpc) is 3.75. The standard InChI is InChI=1S/C40H42N4O3S2/c1-27-35(48-26-43-27)29-21-19-28(20-22-29)24-42-37(46)34-23-33(45)25-44(34)38(47)36(41)39(2,3)49-40(30-13-7-4-8-14-30,31-15-9-5-10-16-31)32-17-11-6-12-18-32/h4-22,26,33-34,36,45H,23-25,41H2,1-3H3,(H,42,46)/t33-,34+,36-/m1/s1. The number of amides is 2. The Morgan fingerprint density at radius 3 is 1.94 bits per heavy atom. The number of aryl methyl sites for hydroxylation is 1. The van der Waals surface area contributed by atoms with Gasteiger partial charge in [-0.1, -0.05) is 115 Å². The van der Waals surface area contributed by atoms with Crippen molar-refractivity contribution in [3.8, 4) is 10.4 Å². The van der Waals surface area contributed by atoms with Crippen molar-refractivity contribution in [2.45, 2.75) is 61.4 Å². The molecule has 49 heavy (non-hydrogen) atoms. The highest BCUT2D eigenvalue weighted by Crippen LogP contribution is 2.54.